The zero-order chi connectivity index (χ0) is 12.3. The van der Waals surface area contributed by atoms with Crippen LogP contribution >= 0.6 is 11.8 Å². The Bertz CT molecular complexity index is 468. The lowest BCUT2D eigenvalue weighted by Gasteiger charge is -2.14. The summed E-state index contributed by atoms with van der Waals surface area (Å²) in [4.78, 5) is 31.2. The number of carbonyl (C=O) groups is 1. The lowest BCUT2D eigenvalue weighted by molar-refractivity contribution is -0.127. The topological polar surface area (TPSA) is 92.1 Å². The van der Waals surface area contributed by atoms with Crippen molar-refractivity contribution in [2.24, 2.45) is 0 Å². The number of aromatic nitrogens is 2. The van der Waals surface area contributed by atoms with E-state index in [2.05, 4.69) is 9.97 Å². The van der Waals surface area contributed by atoms with Gasteiger partial charge in [-0.25, -0.2) is 4.98 Å². The van der Waals surface area contributed by atoms with Gasteiger partial charge in [0.1, 0.15) is 5.82 Å². The highest BCUT2D eigenvalue weighted by atomic mass is 32.2. The van der Waals surface area contributed by atoms with Crippen molar-refractivity contribution in [2.75, 3.05) is 24.6 Å². The van der Waals surface area contributed by atoms with E-state index in [-0.39, 0.29) is 23.0 Å². The lowest BCUT2D eigenvalue weighted by Crippen LogP contribution is -2.29. The number of nitrogens with two attached hydrogens (primary N) is 1. The quantitative estimate of drug-likeness (QED) is 0.588. The molecule has 0 saturated carbocycles. The molecule has 0 atom stereocenters. The summed E-state index contributed by atoms with van der Waals surface area (Å²) < 4.78 is 0. The molecule has 1 amide bonds. The van der Waals surface area contributed by atoms with Crippen molar-refractivity contribution < 1.29 is 4.79 Å². The normalized spacial score (nSPS) is 15.2. The van der Waals surface area contributed by atoms with Crippen molar-refractivity contribution in [1.82, 2.24) is 14.9 Å². The second-order valence-corrected chi connectivity index (χ2v) is 4.82. The van der Waals surface area contributed by atoms with Gasteiger partial charge in [0, 0.05) is 19.2 Å². The first-order valence-corrected chi connectivity index (χ1v) is 6.41. The molecule has 0 aromatic carbocycles. The molecule has 0 radical (unpaired) electrons. The van der Waals surface area contributed by atoms with Crippen LogP contribution in [0.1, 0.15) is 12.8 Å². The predicted octanol–water partition coefficient (Wildman–Crippen LogP) is 0.0666. The van der Waals surface area contributed by atoms with E-state index in [9.17, 15) is 9.59 Å². The Morgan fingerprint density at radius 2 is 2.24 bits per heavy atom. The van der Waals surface area contributed by atoms with Gasteiger partial charge < -0.3 is 15.6 Å². The molecule has 0 spiro atoms. The van der Waals surface area contributed by atoms with Gasteiger partial charge in [-0.1, -0.05) is 11.8 Å². The third-order valence-electron chi connectivity index (χ3n) is 2.53. The SMILES string of the molecule is Nc1cc(=O)[nH]c(SCC(=O)N2CCCC2)n1. The van der Waals surface area contributed by atoms with E-state index in [1.807, 2.05) is 4.90 Å². The highest BCUT2D eigenvalue weighted by Crippen LogP contribution is 2.15. The number of hydrogen-bond donors (Lipinski definition) is 2. The number of hydrogen-bond acceptors (Lipinski definition) is 5. The standard InChI is InChI=1S/C10H14N4O2S/c11-7-5-8(15)13-10(12-7)17-6-9(16)14-3-1-2-4-14/h5H,1-4,6H2,(H3,11,12,13,15). The number of thioether (sulfide) groups is 1. The van der Waals surface area contributed by atoms with Crippen molar-refractivity contribution in [1.29, 1.82) is 0 Å². The number of rotatable bonds is 3. The van der Waals surface area contributed by atoms with Crippen LogP contribution in [-0.2, 0) is 4.79 Å². The number of nitrogens with one attached hydrogen (secondary N) is 1. The van der Waals surface area contributed by atoms with Gasteiger partial charge >= 0.3 is 0 Å². The van der Waals surface area contributed by atoms with Gasteiger partial charge in [0.15, 0.2) is 5.16 Å². The van der Waals surface area contributed by atoms with E-state index < -0.39 is 0 Å². The Morgan fingerprint density at radius 3 is 2.88 bits per heavy atom. The molecule has 1 aliphatic heterocycles. The van der Waals surface area contributed by atoms with Crippen molar-refractivity contribution in [3.8, 4) is 0 Å². The molecule has 0 aliphatic carbocycles. The molecule has 2 heterocycles. The molecule has 1 aromatic heterocycles. The number of anilines is 1. The molecule has 7 heteroatoms. The van der Waals surface area contributed by atoms with Crippen LogP contribution in [0.3, 0.4) is 0 Å². The number of amides is 1. The van der Waals surface area contributed by atoms with E-state index >= 15 is 0 Å². The number of carbonyl (C=O) groups excluding carboxylic acids is 1. The first-order chi connectivity index (χ1) is 8.15. The fourth-order valence-electron chi connectivity index (χ4n) is 1.71. The zero-order valence-corrected chi connectivity index (χ0v) is 10.1. The summed E-state index contributed by atoms with van der Waals surface area (Å²) in [5.74, 6) is 0.536. The van der Waals surface area contributed by atoms with E-state index in [1.54, 1.807) is 0 Å². The second kappa shape index (κ2) is 5.22. The first-order valence-electron chi connectivity index (χ1n) is 5.42. The highest BCUT2D eigenvalue weighted by Gasteiger charge is 2.18. The van der Waals surface area contributed by atoms with Crippen LogP contribution in [-0.4, -0.2) is 39.6 Å². The minimum absolute atomic E-state index is 0.0811. The smallest absolute Gasteiger partial charge is 0.253 e. The predicted molar refractivity (Wildman–Crippen MR) is 65.8 cm³/mol. The molecule has 6 nitrogen and oxygen atoms in total. The average molecular weight is 254 g/mol. The number of aromatic amines is 1. The summed E-state index contributed by atoms with van der Waals surface area (Å²) >= 11 is 1.21. The summed E-state index contributed by atoms with van der Waals surface area (Å²) in [5.41, 5.74) is 5.15. The molecule has 1 aliphatic rings. The van der Waals surface area contributed by atoms with Crippen LogP contribution in [0.15, 0.2) is 16.0 Å². The molecular weight excluding hydrogens is 240 g/mol. The van der Waals surface area contributed by atoms with Crippen molar-refractivity contribution >= 4 is 23.5 Å². The maximum absolute atomic E-state index is 11.7. The average Bonchev–Trinajstić information content (AvgIpc) is 2.78. The van der Waals surface area contributed by atoms with E-state index in [4.69, 9.17) is 5.73 Å². The van der Waals surface area contributed by atoms with Gasteiger partial charge in [-0.3, -0.25) is 9.59 Å². The molecule has 0 unspecified atom stereocenters. The molecular formula is C10H14N4O2S. The van der Waals surface area contributed by atoms with Gasteiger partial charge in [-0.05, 0) is 12.8 Å². The van der Waals surface area contributed by atoms with Gasteiger partial charge in [-0.2, -0.15) is 0 Å². The van der Waals surface area contributed by atoms with E-state index in [1.165, 1.54) is 17.8 Å². The first kappa shape index (κ1) is 12.0. The highest BCUT2D eigenvalue weighted by molar-refractivity contribution is 7.99. The number of likely N-dealkylation sites (tertiary alicyclic amines) is 1. The number of nitrogens with zero attached hydrogens (tertiary/aromatic N) is 2. The Kier molecular flexibility index (Phi) is 3.68. The van der Waals surface area contributed by atoms with Crippen LogP contribution in [0.25, 0.3) is 0 Å². The molecule has 0 bridgehead atoms. The Morgan fingerprint density at radius 1 is 1.53 bits per heavy atom. The van der Waals surface area contributed by atoms with Crippen LogP contribution in [0.2, 0.25) is 0 Å². The molecule has 92 valence electrons. The van der Waals surface area contributed by atoms with Crippen molar-refractivity contribution in [3.63, 3.8) is 0 Å². The van der Waals surface area contributed by atoms with Gasteiger partial charge in [-0.15, -0.1) is 0 Å². The largest absolute Gasteiger partial charge is 0.383 e. The monoisotopic (exact) mass is 254 g/mol. The van der Waals surface area contributed by atoms with Crippen LogP contribution in [0.4, 0.5) is 5.82 Å². The zero-order valence-electron chi connectivity index (χ0n) is 9.31. The summed E-state index contributed by atoms with van der Waals surface area (Å²) in [6, 6.07) is 1.21. The third kappa shape index (κ3) is 3.23. The summed E-state index contributed by atoms with van der Waals surface area (Å²) in [7, 11) is 0. The maximum Gasteiger partial charge on any atom is 0.253 e. The van der Waals surface area contributed by atoms with Gasteiger partial charge in [0.05, 0.1) is 5.75 Å². The minimum Gasteiger partial charge on any atom is -0.383 e. The van der Waals surface area contributed by atoms with Crippen LogP contribution in [0.5, 0.6) is 0 Å². The second-order valence-electron chi connectivity index (χ2n) is 3.85. The fourth-order valence-corrected chi connectivity index (χ4v) is 2.50. The lowest BCUT2D eigenvalue weighted by atomic mass is 10.4. The number of H-pyrrole nitrogens is 1. The van der Waals surface area contributed by atoms with Gasteiger partial charge in [0.2, 0.25) is 5.91 Å². The summed E-state index contributed by atoms with van der Waals surface area (Å²) in [5, 5.41) is 0.391. The Hall–Kier alpha value is -1.50. The molecule has 2 rings (SSSR count). The van der Waals surface area contributed by atoms with Crippen molar-refractivity contribution in [2.45, 2.75) is 18.0 Å². The molecule has 1 fully saturated rings. The van der Waals surface area contributed by atoms with E-state index in [0.29, 0.717) is 5.16 Å². The summed E-state index contributed by atoms with van der Waals surface area (Å²) in [6.07, 6.45) is 2.15. The Labute approximate surface area is 103 Å². The molecule has 17 heavy (non-hydrogen) atoms. The number of nitrogen functional groups attached to an aromatic ring is 1. The molecule has 1 aromatic rings. The van der Waals surface area contributed by atoms with Crippen molar-refractivity contribution in [3.05, 3.63) is 16.4 Å². The fraction of sp³-hybridized carbons (Fsp3) is 0.500. The van der Waals surface area contributed by atoms with E-state index in [0.717, 1.165) is 25.9 Å². The van der Waals surface area contributed by atoms with Crippen LogP contribution < -0.4 is 11.3 Å². The molecule has 1 saturated heterocycles. The third-order valence-corrected chi connectivity index (χ3v) is 3.39. The molecule has 3 N–H and O–H groups in total. The Balaban J connectivity index is 1.92. The summed E-state index contributed by atoms with van der Waals surface area (Å²) in [6.45, 7) is 1.67. The van der Waals surface area contributed by atoms with Gasteiger partial charge in [0.25, 0.3) is 5.56 Å². The van der Waals surface area contributed by atoms with Crippen LogP contribution in [0, 0.1) is 0 Å². The minimum atomic E-state index is -0.298. The maximum atomic E-state index is 11.7.